The molecule has 1 aliphatic carbocycles. The molecule has 0 spiro atoms. The predicted octanol–water partition coefficient (Wildman–Crippen LogP) is 5.13. The van der Waals surface area contributed by atoms with Gasteiger partial charge in [-0.25, -0.2) is 18.7 Å². The lowest BCUT2D eigenvalue weighted by Crippen LogP contribution is -2.30. The number of halogens is 2. The van der Waals surface area contributed by atoms with Gasteiger partial charge in [-0.15, -0.1) is 0 Å². The lowest BCUT2D eigenvalue weighted by molar-refractivity contribution is 0.00683. The van der Waals surface area contributed by atoms with Crippen LogP contribution in [0.25, 0.3) is 5.65 Å². The zero-order valence-corrected chi connectivity index (χ0v) is 23.8. The monoisotopic (exact) mass is 577 g/mol. The van der Waals surface area contributed by atoms with E-state index in [1.807, 2.05) is 33.8 Å². The van der Waals surface area contributed by atoms with E-state index in [9.17, 15) is 18.8 Å². The number of benzene rings is 2. The van der Waals surface area contributed by atoms with E-state index >= 15 is 0 Å². The summed E-state index contributed by atoms with van der Waals surface area (Å²) in [5.74, 6) is -1.86. The van der Waals surface area contributed by atoms with Crippen molar-refractivity contribution in [2.75, 3.05) is 0 Å². The summed E-state index contributed by atoms with van der Waals surface area (Å²) in [6, 6.07) is 10.5. The molecule has 41 heavy (non-hydrogen) atoms. The Morgan fingerprint density at radius 3 is 2.63 bits per heavy atom. The Morgan fingerprint density at radius 1 is 1.12 bits per heavy atom. The van der Waals surface area contributed by atoms with Crippen LogP contribution in [0.3, 0.4) is 0 Å². The standard InChI is InChI=1S/C30H29ClFN5O4/c1-16-18-8-10-23(20(18)7-6-19(16)29(40)41-30(2,3)4)36-27(38)24-14-25(37-26(35-24)11-12-34-37)28(39)33-15-17-5-9-22(32)21(31)13-17/h5-7,9,11-14,23H,8,10,15H2,1-4H3,(H,33,39)(H,36,38)/t23-/m0/s1. The van der Waals surface area contributed by atoms with E-state index in [4.69, 9.17) is 16.3 Å². The predicted molar refractivity (Wildman–Crippen MR) is 150 cm³/mol. The maximum atomic E-state index is 13.5. The molecule has 2 aromatic heterocycles. The topological polar surface area (TPSA) is 115 Å². The van der Waals surface area contributed by atoms with Gasteiger partial charge in [-0.05, 0) is 81.0 Å². The van der Waals surface area contributed by atoms with Gasteiger partial charge in [-0.2, -0.15) is 5.10 Å². The van der Waals surface area contributed by atoms with E-state index < -0.39 is 23.2 Å². The summed E-state index contributed by atoms with van der Waals surface area (Å²) < 4.78 is 20.4. The van der Waals surface area contributed by atoms with E-state index in [-0.39, 0.29) is 35.0 Å². The maximum Gasteiger partial charge on any atom is 0.338 e. The first-order valence-electron chi connectivity index (χ1n) is 13.1. The van der Waals surface area contributed by atoms with Crippen molar-refractivity contribution in [3.05, 3.63) is 98.7 Å². The second kappa shape index (κ2) is 10.9. The summed E-state index contributed by atoms with van der Waals surface area (Å²) in [6.45, 7) is 7.46. The summed E-state index contributed by atoms with van der Waals surface area (Å²) in [4.78, 5) is 43.5. The number of ether oxygens (including phenoxy) is 1. The number of aromatic nitrogens is 3. The molecule has 5 rings (SSSR count). The normalized spacial score (nSPS) is 14.5. The molecule has 0 saturated carbocycles. The molecule has 1 aliphatic rings. The third-order valence-corrected chi connectivity index (χ3v) is 7.17. The lowest BCUT2D eigenvalue weighted by Gasteiger charge is -2.21. The molecule has 2 N–H and O–H groups in total. The minimum absolute atomic E-state index is 0.0428. The molecule has 0 radical (unpaired) electrons. The molecule has 11 heteroatoms. The second-order valence-corrected chi connectivity index (χ2v) is 11.3. The summed E-state index contributed by atoms with van der Waals surface area (Å²) in [5, 5.41) is 9.90. The van der Waals surface area contributed by atoms with Crippen LogP contribution in [0.4, 0.5) is 4.39 Å². The van der Waals surface area contributed by atoms with Gasteiger partial charge < -0.3 is 15.4 Å². The SMILES string of the molecule is Cc1c(C(=O)OC(C)(C)C)ccc2c1CC[C@@H]2NC(=O)c1cc(C(=O)NCc2ccc(F)c(Cl)c2)n2nccc2n1. The molecule has 1 atom stereocenters. The average Bonchev–Trinajstić information content (AvgIpc) is 3.55. The average molecular weight is 578 g/mol. The molecular formula is C30H29ClFN5O4. The number of amides is 2. The van der Waals surface area contributed by atoms with Gasteiger partial charge in [0.25, 0.3) is 11.8 Å². The van der Waals surface area contributed by atoms with Gasteiger partial charge in [-0.3, -0.25) is 9.59 Å². The number of hydrogen-bond donors (Lipinski definition) is 2. The minimum atomic E-state index is -0.604. The number of nitrogens with one attached hydrogen (secondary N) is 2. The third-order valence-electron chi connectivity index (χ3n) is 6.88. The molecule has 0 fully saturated rings. The Hall–Kier alpha value is -4.31. The molecule has 0 unspecified atom stereocenters. The summed E-state index contributed by atoms with van der Waals surface area (Å²) in [7, 11) is 0. The maximum absolute atomic E-state index is 13.5. The Balaban J connectivity index is 1.34. The van der Waals surface area contributed by atoms with Crippen molar-refractivity contribution in [1.82, 2.24) is 25.2 Å². The number of nitrogens with zero attached hydrogens (tertiary/aromatic N) is 3. The van der Waals surface area contributed by atoms with Crippen molar-refractivity contribution in [2.45, 2.75) is 58.7 Å². The first-order valence-corrected chi connectivity index (χ1v) is 13.5. The van der Waals surface area contributed by atoms with Gasteiger partial charge in [0.1, 0.15) is 22.8 Å². The highest BCUT2D eigenvalue weighted by molar-refractivity contribution is 6.30. The van der Waals surface area contributed by atoms with Gasteiger partial charge in [0.15, 0.2) is 5.65 Å². The Bertz CT molecular complexity index is 1690. The van der Waals surface area contributed by atoms with Crippen molar-refractivity contribution in [3.8, 4) is 0 Å². The zero-order valence-electron chi connectivity index (χ0n) is 23.0. The van der Waals surface area contributed by atoms with Crippen LogP contribution >= 0.6 is 11.6 Å². The van der Waals surface area contributed by atoms with E-state index in [0.717, 1.165) is 16.7 Å². The summed E-state index contributed by atoms with van der Waals surface area (Å²) in [5.41, 5.74) is 3.81. The molecule has 212 valence electrons. The van der Waals surface area contributed by atoms with E-state index in [2.05, 4.69) is 20.7 Å². The molecule has 9 nitrogen and oxygen atoms in total. The Labute approximate surface area is 241 Å². The number of carbonyl (C=O) groups is 3. The molecule has 0 aliphatic heterocycles. The molecule has 4 aromatic rings. The smallest absolute Gasteiger partial charge is 0.338 e. The van der Waals surface area contributed by atoms with E-state index in [1.165, 1.54) is 35.0 Å². The third kappa shape index (κ3) is 5.92. The molecule has 2 heterocycles. The quantitative estimate of drug-likeness (QED) is 0.307. The van der Waals surface area contributed by atoms with Crippen LogP contribution in [0, 0.1) is 12.7 Å². The molecule has 0 bridgehead atoms. The van der Waals surface area contributed by atoms with Crippen LogP contribution in [0.2, 0.25) is 5.02 Å². The number of esters is 1. The van der Waals surface area contributed by atoms with Crippen molar-refractivity contribution in [2.24, 2.45) is 0 Å². The van der Waals surface area contributed by atoms with Crippen LogP contribution in [0.5, 0.6) is 0 Å². The fourth-order valence-electron chi connectivity index (χ4n) is 4.93. The van der Waals surface area contributed by atoms with Gasteiger partial charge in [0.2, 0.25) is 0 Å². The van der Waals surface area contributed by atoms with Crippen LogP contribution in [0.15, 0.2) is 48.7 Å². The fraction of sp³-hybridized carbons (Fsp3) is 0.300. The number of carbonyl (C=O) groups excluding carboxylic acids is 3. The van der Waals surface area contributed by atoms with Gasteiger partial charge in [0.05, 0.1) is 22.8 Å². The minimum Gasteiger partial charge on any atom is -0.456 e. The van der Waals surface area contributed by atoms with Crippen LogP contribution in [0.1, 0.15) is 86.8 Å². The summed E-state index contributed by atoms with van der Waals surface area (Å²) in [6.07, 6.45) is 2.83. The first kappa shape index (κ1) is 28.2. The van der Waals surface area contributed by atoms with Crippen molar-refractivity contribution in [1.29, 1.82) is 0 Å². The Kier molecular flexibility index (Phi) is 7.52. The second-order valence-electron chi connectivity index (χ2n) is 10.9. The first-order chi connectivity index (χ1) is 19.4. The number of hydrogen-bond acceptors (Lipinski definition) is 6. The van der Waals surface area contributed by atoms with Crippen LogP contribution in [-0.2, 0) is 17.7 Å². The van der Waals surface area contributed by atoms with Crippen molar-refractivity contribution in [3.63, 3.8) is 0 Å². The fourth-order valence-corrected chi connectivity index (χ4v) is 5.13. The van der Waals surface area contributed by atoms with Gasteiger partial charge in [-0.1, -0.05) is 23.7 Å². The highest BCUT2D eigenvalue weighted by atomic mass is 35.5. The van der Waals surface area contributed by atoms with Gasteiger partial charge >= 0.3 is 5.97 Å². The van der Waals surface area contributed by atoms with Crippen LogP contribution < -0.4 is 10.6 Å². The zero-order chi connectivity index (χ0) is 29.5. The van der Waals surface area contributed by atoms with Gasteiger partial charge in [0, 0.05) is 18.7 Å². The molecule has 0 saturated heterocycles. The lowest BCUT2D eigenvalue weighted by atomic mass is 9.97. The van der Waals surface area contributed by atoms with Crippen LogP contribution in [-0.4, -0.2) is 38.0 Å². The number of fused-ring (bicyclic) bond motifs is 2. The van der Waals surface area contributed by atoms with Crippen molar-refractivity contribution >= 4 is 35.0 Å². The van der Waals surface area contributed by atoms with Crippen molar-refractivity contribution < 1.29 is 23.5 Å². The number of rotatable bonds is 6. The molecule has 2 amide bonds. The molecular weight excluding hydrogens is 549 g/mol. The highest BCUT2D eigenvalue weighted by Gasteiger charge is 2.30. The van der Waals surface area contributed by atoms with E-state index in [1.54, 1.807) is 12.1 Å². The highest BCUT2D eigenvalue weighted by Crippen LogP contribution is 2.35. The molecule has 2 aromatic carbocycles. The Morgan fingerprint density at radius 2 is 1.90 bits per heavy atom. The van der Waals surface area contributed by atoms with E-state index in [0.29, 0.717) is 29.6 Å². The summed E-state index contributed by atoms with van der Waals surface area (Å²) >= 11 is 5.84. The largest absolute Gasteiger partial charge is 0.456 e.